The van der Waals surface area contributed by atoms with Crippen LogP contribution in [0.25, 0.3) is 32.6 Å². The number of fused-ring (bicyclic) bond motifs is 2. The molecule has 0 saturated carbocycles. The molecular formula is C22H12BrNO5S. The number of hydrogen-bond acceptors (Lipinski definition) is 5. The third-order valence-electron chi connectivity index (χ3n) is 4.61. The summed E-state index contributed by atoms with van der Waals surface area (Å²) in [6.45, 7) is 0. The van der Waals surface area contributed by atoms with Gasteiger partial charge < -0.3 is 19.3 Å². The zero-order chi connectivity index (χ0) is 20.8. The number of thiophene rings is 1. The number of benzene rings is 2. The van der Waals surface area contributed by atoms with Crippen LogP contribution in [0.15, 0.2) is 73.3 Å². The van der Waals surface area contributed by atoms with Crippen molar-refractivity contribution in [1.29, 1.82) is 0 Å². The van der Waals surface area contributed by atoms with Crippen molar-refractivity contribution in [1.82, 2.24) is 0 Å². The van der Waals surface area contributed by atoms with Crippen LogP contribution in [0.5, 0.6) is 0 Å². The molecule has 0 bridgehead atoms. The summed E-state index contributed by atoms with van der Waals surface area (Å²) < 4.78 is 12.3. The summed E-state index contributed by atoms with van der Waals surface area (Å²) in [6, 6.07) is 16.2. The van der Waals surface area contributed by atoms with E-state index in [1.807, 2.05) is 36.4 Å². The second-order valence-corrected chi connectivity index (χ2v) is 8.35. The number of carboxylic acid groups (broad SMARTS) is 1. The minimum atomic E-state index is -1.16. The van der Waals surface area contributed by atoms with E-state index in [1.54, 1.807) is 23.6 Å². The normalized spacial score (nSPS) is 11.2. The average molecular weight is 482 g/mol. The Hall–Kier alpha value is -3.36. The number of nitrogens with one attached hydrogen (secondary N) is 1. The molecule has 0 unspecified atom stereocenters. The summed E-state index contributed by atoms with van der Waals surface area (Å²) in [4.78, 5) is 25.1. The summed E-state index contributed by atoms with van der Waals surface area (Å²) in [5.74, 6) is -1.15. The molecule has 0 fully saturated rings. The molecule has 148 valence electrons. The van der Waals surface area contributed by atoms with E-state index in [0.717, 1.165) is 15.2 Å². The first-order chi connectivity index (χ1) is 14.5. The van der Waals surface area contributed by atoms with E-state index in [4.69, 9.17) is 8.83 Å². The van der Waals surface area contributed by atoms with Crippen molar-refractivity contribution in [2.45, 2.75) is 0 Å². The molecule has 0 saturated heterocycles. The number of carbonyl (C=O) groups excluding carboxylic acids is 1. The molecule has 0 aliphatic carbocycles. The third kappa shape index (κ3) is 3.20. The van der Waals surface area contributed by atoms with Crippen LogP contribution in [0.2, 0.25) is 0 Å². The highest BCUT2D eigenvalue weighted by molar-refractivity contribution is 9.10. The third-order valence-corrected chi connectivity index (χ3v) is 6.10. The van der Waals surface area contributed by atoms with Crippen molar-refractivity contribution in [3.05, 3.63) is 75.8 Å². The van der Waals surface area contributed by atoms with Crippen LogP contribution in [-0.4, -0.2) is 17.0 Å². The van der Waals surface area contributed by atoms with E-state index < -0.39 is 11.9 Å². The number of amides is 1. The molecule has 8 heteroatoms. The van der Waals surface area contributed by atoms with Crippen LogP contribution in [0.4, 0.5) is 5.69 Å². The summed E-state index contributed by atoms with van der Waals surface area (Å²) in [6.07, 6.45) is 0. The van der Waals surface area contributed by atoms with Crippen LogP contribution in [-0.2, 0) is 0 Å². The number of carbonyl (C=O) groups is 2. The number of carboxylic acids is 1. The molecule has 30 heavy (non-hydrogen) atoms. The van der Waals surface area contributed by atoms with Crippen LogP contribution in [0, 0.1) is 0 Å². The highest BCUT2D eigenvalue weighted by Gasteiger charge is 2.24. The molecule has 0 atom stereocenters. The second kappa shape index (κ2) is 7.16. The van der Waals surface area contributed by atoms with E-state index in [2.05, 4.69) is 21.2 Å². The summed E-state index contributed by atoms with van der Waals surface area (Å²) in [7, 11) is 0. The Kier molecular flexibility index (Phi) is 4.45. The summed E-state index contributed by atoms with van der Waals surface area (Å²) in [5.41, 5.74) is 1.38. The van der Waals surface area contributed by atoms with E-state index >= 15 is 0 Å². The number of hydrogen-bond donors (Lipinski definition) is 2. The van der Waals surface area contributed by atoms with Gasteiger partial charge in [0.05, 0.1) is 10.6 Å². The fourth-order valence-corrected chi connectivity index (χ4v) is 4.52. The summed E-state index contributed by atoms with van der Waals surface area (Å²) >= 11 is 4.58. The van der Waals surface area contributed by atoms with Gasteiger partial charge in [-0.2, -0.15) is 0 Å². The largest absolute Gasteiger partial charge is 0.478 e. The summed E-state index contributed by atoms with van der Waals surface area (Å²) in [5, 5.41) is 15.7. The predicted molar refractivity (Wildman–Crippen MR) is 118 cm³/mol. The number of para-hydroxylation sites is 1. The molecule has 5 rings (SSSR count). The minimum Gasteiger partial charge on any atom is -0.478 e. The fraction of sp³-hybridized carbons (Fsp3) is 0. The molecule has 0 spiro atoms. The van der Waals surface area contributed by atoms with Crippen molar-refractivity contribution in [3.63, 3.8) is 0 Å². The number of halogens is 1. The molecule has 3 aromatic heterocycles. The van der Waals surface area contributed by atoms with Crippen molar-refractivity contribution >= 4 is 66.8 Å². The lowest BCUT2D eigenvalue weighted by Gasteiger charge is -2.03. The first-order valence-corrected chi connectivity index (χ1v) is 10.5. The maximum atomic E-state index is 12.7. The SMILES string of the molecule is O=C(Nc1csc(-c2cc3ccc(Br)cc3o2)c1C(=O)O)c1cc2ccccc2o1. The van der Waals surface area contributed by atoms with Crippen molar-refractivity contribution in [3.8, 4) is 10.6 Å². The molecule has 0 aliphatic heterocycles. The first-order valence-electron chi connectivity index (χ1n) is 8.84. The zero-order valence-electron chi connectivity index (χ0n) is 15.1. The topological polar surface area (TPSA) is 92.7 Å². The molecule has 3 heterocycles. The van der Waals surface area contributed by atoms with Crippen LogP contribution in [0.3, 0.4) is 0 Å². The van der Waals surface area contributed by atoms with Gasteiger partial charge in [-0.05, 0) is 36.4 Å². The maximum Gasteiger partial charge on any atom is 0.339 e. The molecule has 6 nitrogen and oxygen atoms in total. The monoisotopic (exact) mass is 481 g/mol. The molecule has 5 aromatic rings. The van der Waals surface area contributed by atoms with Gasteiger partial charge in [-0.15, -0.1) is 11.3 Å². The number of rotatable bonds is 4. The van der Waals surface area contributed by atoms with E-state index in [0.29, 0.717) is 21.8 Å². The quantitative estimate of drug-likeness (QED) is 0.300. The highest BCUT2D eigenvalue weighted by atomic mass is 79.9. The van der Waals surface area contributed by atoms with Crippen molar-refractivity contribution in [2.24, 2.45) is 0 Å². The van der Waals surface area contributed by atoms with Crippen molar-refractivity contribution < 1.29 is 23.5 Å². The van der Waals surface area contributed by atoms with E-state index in [-0.39, 0.29) is 17.0 Å². The Bertz CT molecular complexity index is 1410. The number of furan rings is 2. The molecule has 0 radical (unpaired) electrons. The highest BCUT2D eigenvalue weighted by Crippen LogP contribution is 2.39. The molecule has 0 aliphatic rings. The van der Waals surface area contributed by atoms with Gasteiger partial charge in [0.15, 0.2) is 5.76 Å². The smallest absolute Gasteiger partial charge is 0.339 e. The van der Waals surface area contributed by atoms with Gasteiger partial charge in [-0.3, -0.25) is 4.79 Å². The number of anilines is 1. The minimum absolute atomic E-state index is 0.0254. The Morgan fingerprint density at radius 3 is 2.57 bits per heavy atom. The predicted octanol–water partition coefficient (Wildman–Crippen LogP) is 6.62. The van der Waals surface area contributed by atoms with Gasteiger partial charge in [-0.1, -0.05) is 34.1 Å². The van der Waals surface area contributed by atoms with E-state index in [1.165, 1.54) is 11.3 Å². The van der Waals surface area contributed by atoms with Crippen LogP contribution in [0.1, 0.15) is 20.9 Å². The average Bonchev–Trinajstić information content (AvgIpc) is 3.43. The lowest BCUT2D eigenvalue weighted by atomic mass is 10.1. The lowest BCUT2D eigenvalue weighted by molar-refractivity contribution is 0.0699. The Morgan fingerprint density at radius 2 is 1.77 bits per heavy atom. The van der Waals surface area contributed by atoms with Gasteiger partial charge in [0.25, 0.3) is 5.91 Å². The Balaban J connectivity index is 1.52. The first kappa shape index (κ1) is 18.7. The van der Waals surface area contributed by atoms with Gasteiger partial charge in [0, 0.05) is 20.6 Å². The second-order valence-electron chi connectivity index (χ2n) is 6.55. The lowest BCUT2D eigenvalue weighted by Crippen LogP contribution is -2.13. The van der Waals surface area contributed by atoms with E-state index in [9.17, 15) is 14.7 Å². The van der Waals surface area contributed by atoms with Crippen molar-refractivity contribution in [2.75, 3.05) is 5.32 Å². The van der Waals surface area contributed by atoms with Gasteiger partial charge in [0.1, 0.15) is 22.5 Å². The molecular weight excluding hydrogens is 470 g/mol. The molecule has 2 N–H and O–H groups in total. The van der Waals surface area contributed by atoms with Gasteiger partial charge >= 0.3 is 5.97 Å². The Morgan fingerprint density at radius 1 is 0.967 bits per heavy atom. The van der Waals surface area contributed by atoms with Gasteiger partial charge in [-0.25, -0.2) is 4.79 Å². The zero-order valence-corrected chi connectivity index (χ0v) is 17.5. The fourth-order valence-electron chi connectivity index (χ4n) is 3.24. The standard InChI is InChI=1S/C22H12BrNO5S/c23-13-6-5-12-7-17(29-16(12)9-13)20-19(22(26)27)14(10-30-20)24-21(25)18-8-11-3-1-2-4-15(11)28-18/h1-10H,(H,24,25)(H,26,27). The van der Waals surface area contributed by atoms with Crippen LogP contribution >= 0.6 is 27.3 Å². The number of aromatic carboxylic acids is 1. The Labute approximate surface area is 181 Å². The van der Waals surface area contributed by atoms with Gasteiger partial charge in [0.2, 0.25) is 0 Å². The van der Waals surface area contributed by atoms with Crippen LogP contribution < -0.4 is 5.32 Å². The maximum absolute atomic E-state index is 12.7. The molecule has 2 aromatic carbocycles. The molecule has 1 amide bonds.